The van der Waals surface area contributed by atoms with Gasteiger partial charge in [-0.15, -0.1) is 0 Å². The zero-order valence-corrected chi connectivity index (χ0v) is 11.2. The Bertz CT molecular complexity index is 315. The highest BCUT2D eigenvalue weighted by Crippen LogP contribution is 2.25. The maximum atomic E-state index is 6.21. The van der Waals surface area contributed by atoms with E-state index >= 15 is 0 Å². The average molecular weight is 240 g/mol. The van der Waals surface area contributed by atoms with Crippen molar-refractivity contribution in [3.8, 4) is 0 Å². The summed E-state index contributed by atoms with van der Waals surface area (Å²) < 4.78 is 0. The third-order valence-electron chi connectivity index (χ3n) is 2.93. The minimum Gasteiger partial charge on any atom is -0.324 e. The SMILES string of the molecule is CCCC(C)CC(N)c1cc(C)cc(Cl)c1. The molecule has 0 aliphatic rings. The van der Waals surface area contributed by atoms with E-state index in [4.69, 9.17) is 17.3 Å². The van der Waals surface area contributed by atoms with Gasteiger partial charge in [0.2, 0.25) is 0 Å². The summed E-state index contributed by atoms with van der Waals surface area (Å²) in [5, 5.41) is 0.786. The Kier molecular flexibility index (Phi) is 5.30. The van der Waals surface area contributed by atoms with E-state index < -0.39 is 0 Å². The second kappa shape index (κ2) is 6.27. The van der Waals surface area contributed by atoms with Crippen molar-refractivity contribution < 1.29 is 0 Å². The lowest BCUT2D eigenvalue weighted by Gasteiger charge is -2.17. The second-order valence-electron chi connectivity index (χ2n) is 4.80. The Morgan fingerprint density at radius 2 is 2.00 bits per heavy atom. The first-order chi connectivity index (χ1) is 7.52. The van der Waals surface area contributed by atoms with Crippen LogP contribution in [0.25, 0.3) is 0 Å². The second-order valence-corrected chi connectivity index (χ2v) is 5.23. The van der Waals surface area contributed by atoms with E-state index in [2.05, 4.69) is 26.8 Å². The first-order valence-corrected chi connectivity index (χ1v) is 6.43. The third-order valence-corrected chi connectivity index (χ3v) is 3.15. The number of benzene rings is 1. The molecule has 0 amide bonds. The predicted octanol–water partition coefficient (Wildman–Crippen LogP) is 4.47. The summed E-state index contributed by atoms with van der Waals surface area (Å²) in [4.78, 5) is 0. The van der Waals surface area contributed by atoms with Gasteiger partial charge >= 0.3 is 0 Å². The normalized spacial score (nSPS) is 14.8. The van der Waals surface area contributed by atoms with Crippen LogP contribution < -0.4 is 5.73 Å². The van der Waals surface area contributed by atoms with Crippen molar-refractivity contribution in [1.29, 1.82) is 0 Å². The molecule has 1 aromatic carbocycles. The Hall–Kier alpha value is -0.530. The fourth-order valence-electron chi connectivity index (χ4n) is 2.16. The van der Waals surface area contributed by atoms with E-state index in [-0.39, 0.29) is 6.04 Å². The molecule has 0 aromatic heterocycles. The van der Waals surface area contributed by atoms with Crippen LogP contribution >= 0.6 is 11.6 Å². The molecule has 0 fully saturated rings. The summed E-state index contributed by atoms with van der Waals surface area (Å²) in [5.74, 6) is 0.680. The van der Waals surface area contributed by atoms with Crippen LogP contribution in [0.1, 0.15) is 50.3 Å². The molecule has 0 aliphatic carbocycles. The maximum Gasteiger partial charge on any atom is 0.0411 e. The van der Waals surface area contributed by atoms with Crippen molar-refractivity contribution in [1.82, 2.24) is 0 Å². The zero-order chi connectivity index (χ0) is 12.1. The van der Waals surface area contributed by atoms with Gasteiger partial charge in [-0.3, -0.25) is 0 Å². The molecular weight excluding hydrogens is 218 g/mol. The standard InChI is InChI=1S/C14H22ClN/c1-4-5-10(2)8-14(16)12-6-11(3)7-13(15)9-12/h6-7,9-10,14H,4-5,8,16H2,1-3H3. The van der Waals surface area contributed by atoms with E-state index in [1.54, 1.807) is 0 Å². The van der Waals surface area contributed by atoms with Crippen molar-refractivity contribution in [3.63, 3.8) is 0 Å². The molecule has 0 radical (unpaired) electrons. The molecule has 2 atom stereocenters. The van der Waals surface area contributed by atoms with Crippen molar-refractivity contribution in [2.75, 3.05) is 0 Å². The van der Waals surface area contributed by atoms with Gasteiger partial charge in [0.05, 0.1) is 0 Å². The number of hydrogen-bond acceptors (Lipinski definition) is 1. The molecule has 1 nitrogen and oxygen atoms in total. The van der Waals surface area contributed by atoms with Crippen LogP contribution in [0, 0.1) is 12.8 Å². The predicted molar refractivity (Wildman–Crippen MR) is 71.8 cm³/mol. The van der Waals surface area contributed by atoms with Gasteiger partial charge in [-0.2, -0.15) is 0 Å². The van der Waals surface area contributed by atoms with Gasteiger partial charge in [0.25, 0.3) is 0 Å². The molecule has 90 valence electrons. The number of nitrogens with two attached hydrogens (primary N) is 1. The molecule has 2 heteroatoms. The van der Waals surface area contributed by atoms with Crippen molar-refractivity contribution in [2.45, 2.75) is 46.1 Å². The highest BCUT2D eigenvalue weighted by atomic mass is 35.5. The molecule has 16 heavy (non-hydrogen) atoms. The van der Waals surface area contributed by atoms with Crippen molar-refractivity contribution in [2.24, 2.45) is 11.7 Å². The monoisotopic (exact) mass is 239 g/mol. The van der Waals surface area contributed by atoms with Gasteiger partial charge in [-0.25, -0.2) is 0 Å². The number of rotatable bonds is 5. The Morgan fingerprint density at radius 1 is 1.31 bits per heavy atom. The zero-order valence-electron chi connectivity index (χ0n) is 10.5. The van der Waals surface area contributed by atoms with Crippen LogP contribution in [-0.2, 0) is 0 Å². The highest BCUT2D eigenvalue weighted by molar-refractivity contribution is 6.30. The van der Waals surface area contributed by atoms with Gasteiger partial charge < -0.3 is 5.73 Å². The molecular formula is C14H22ClN. The van der Waals surface area contributed by atoms with Gasteiger partial charge in [0.15, 0.2) is 0 Å². The highest BCUT2D eigenvalue weighted by Gasteiger charge is 2.11. The van der Waals surface area contributed by atoms with Crippen LogP contribution in [0.5, 0.6) is 0 Å². The number of hydrogen-bond donors (Lipinski definition) is 1. The first kappa shape index (κ1) is 13.5. The quantitative estimate of drug-likeness (QED) is 0.806. The Labute approximate surface area is 104 Å². The van der Waals surface area contributed by atoms with Crippen molar-refractivity contribution in [3.05, 3.63) is 34.3 Å². The number of halogens is 1. The van der Waals surface area contributed by atoms with Gasteiger partial charge in [-0.05, 0) is 42.5 Å². The molecule has 0 bridgehead atoms. The lowest BCUT2D eigenvalue weighted by molar-refractivity contribution is 0.440. The number of aryl methyl sites for hydroxylation is 1. The first-order valence-electron chi connectivity index (χ1n) is 6.05. The molecule has 0 spiro atoms. The molecule has 1 rings (SSSR count). The van der Waals surface area contributed by atoms with Crippen LogP contribution in [0.15, 0.2) is 18.2 Å². The average Bonchev–Trinajstić information content (AvgIpc) is 2.16. The topological polar surface area (TPSA) is 26.0 Å². The van der Waals surface area contributed by atoms with Crippen LogP contribution in [0.3, 0.4) is 0 Å². The van der Waals surface area contributed by atoms with E-state index in [0.29, 0.717) is 5.92 Å². The maximum absolute atomic E-state index is 6.21. The third kappa shape index (κ3) is 4.15. The minimum absolute atomic E-state index is 0.110. The fraction of sp³-hybridized carbons (Fsp3) is 0.571. The smallest absolute Gasteiger partial charge is 0.0411 e. The van der Waals surface area contributed by atoms with Crippen LogP contribution in [-0.4, -0.2) is 0 Å². The van der Waals surface area contributed by atoms with Gasteiger partial charge in [-0.1, -0.05) is 44.4 Å². The van der Waals surface area contributed by atoms with E-state index in [9.17, 15) is 0 Å². The molecule has 1 aromatic rings. The molecule has 2 N–H and O–H groups in total. The fourth-order valence-corrected chi connectivity index (χ4v) is 2.46. The summed E-state index contributed by atoms with van der Waals surface area (Å²) in [5.41, 5.74) is 8.55. The molecule has 0 heterocycles. The van der Waals surface area contributed by atoms with E-state index in [0.717, 1.165) is 17.0 Å². The lowest BCUT2D eigenvalue weighted by Crippen LogP contribution is -2.14. The van der Waals surface area contributed by atoms with E-state index in [1.165, 1.54) is 18.4 Å². The molecule has 0 aliphatic heterocycles. The Balaban J connectivity index is 2.68. The summed E-state index contributed by atoms with van der Waals surface area (Å²) in [6.07, 6.45) is 3.50. The summed E-state index contributed by atoms with van der Waals surface area (Å²) in [7, 11) is 0. The van der Waals surface area contributed by atoms with E-state index in [1.807, 2.05) is 12.1 Å². The van der Waals surface area contributed by atoms with Gasteiger partial charge in [0.1, 0.15) is 0 Å². The molecule has 0 saturated carbocycles. The molecule has 2 unspecified atom stereocenters. The Morgan fingerprint density at radius 3 is 2.56 bits per heavy atom. The summed E-state index contributed by atoms with van der Waals surface area (Å²) in [6, 6.07) is 6.19. The van der Waals surface area contributed by atoms with Crippen LogP contribution in [0.4, 0.5) is 0 Å². The van der Waals surface area contributed by atoms with Gasteiger partial charge in [0, 0.05) is 11.1 Å². The summed E-state index contributed by atoms with van der Waals surface area (Å²) >= 11 is 6.04. The van der Waals surface area contributed by atoms with Crippen molar-refractivity contribution >= 4 is 11.6 Å². The lowest BCUT2D eigenvalue weighted by atomic mass is 9.93. The minimum atomic E-state index is 0.110. The molecule has 0 saturated heterocycles. The largest absolute Gasteiger partial charge is 0.324 e. The summed E-state index contributed by atoms with van der Waals surface area (Å²) in [6.45, 7) is 6.53. The van der Waals surface area contributed by atoms with Crippen LogP contribution in [0.2, 0.25) is 5.02 Å².